The molecule has 1 aliphatic carbocycles. The van der Waals surface area contributed by atoms with Gasteiger partial charge in [-0.15, -0.1) is 0 Å². The number of piperazine rings is 1. The molecule has 10 nitrogen and oxygen atoms in total. The lowest BCUT2D eigenvalue weighted by Crippen LogP contribution is -2.63. The molecule has 4 aliphatic rings. The first-order valence-electron chi connectivity index (χ1n) is 15.9. The Morgan fingerprint density at radius 2 is 1.79 bits per heavy atom. The lowest BCUT2D eigenvalue weighted by molar-refractivity contribution is -0.130. The monoisotopic (exact) mass is 638 g/mol. The van der Waals surface area contributed by atoms with Crippen LogP contribution in [0.4, 0.5) is 4.79 Å². The van der Waals surface area contributed by atoms with E-state index in [9.17, 15) is 23.1 Å². The summed E-state index contributed by atoms with van der Waals surface area (Å²) in [6.07, 6.45) is 6.26. The van der Waals surface area contributed by atoms with E-state index in [-0.39, 0.29) is 47.9 Å². The first kappa shape index (κ1) is 32.5. The van der Waals surface area contributed by atoms with Crippen LogP contribution in [0.25, 0.3) is 0 Å². The predicted octanol–water partition coefficient (Wildman–Crippen LogP) is 4.02. The first-order valence-corrected chi connectivity index (χ1v) is 17.9. The standard InChI is InChI=1S/C31H47ClN4O6S/c1-20-16-31(17-21(2)42-20,23-10-12-24(32)13-11-23)28(35-30(38)39)29(37)34-27-8-4-3-6-22(27)9-14-26-18-33-25-7-5-15-43(40,41)36(26)19-25/h10-13,20-22,25-28,33,35H,3-9,14-19H2,1-2H3,(H,34,37)(H,38,39)/t20-,21+,22-,25-,26+,27+,28-,31+/m1/s1. The summed E-state index contributed by atoms with van der Waals surface area (Å²) in [6, 6.07) is 6.34. The molecule has 2 amide bonds. The van der Waals surface area contributed by atoms with E-state index in [0.29, 0.717) is 37.4 Å². The van der Waals surface area contributed by atoms with Crippen LogP contribution in [-0.4, -0.2) is 85.0 Å². The molecule has 0 radical (unpaired) electrons. The molecule has 240 valence electrons. The smallest absolute Gasteiger partial charge is 0.405 e. The van der Waals surface area contributed by atoms with E-state index >= 15 is 0 Å². The number of carbonyl (C=O) groups excluding carboxylic acids is 1. The second kappa shape index (κ2) is 13.6. The molecule has 1 saturated carbocycles. The molecule has 12 heteroatoms. The average molecular weight is 639 g/mol. The van der Waals surface area contributed by atoms with Crippen LogP contribution < -0.4 is 16.0 Å². The zero-order valence-electron chi connectivity index (χ0n) is 25.3. The summed E-state index contributed by atoms with van der Waals surface area (Å²) in [7, 11) is -3.27. The topological polar surface area (TPSA) is 137 Å². The fraction of sp³-hybridized carbons (Fsp3) is 0.742. The van der Waals surface area contributed by atoms with Crippen molar-refractivity contribution in [2.24, 2.45) is 5.92 Å². The van der Waals surface area contributed by atoms with E-state index in [1.54, 1.807) is 16.4 Å². The van der Waals surface area contributed by atoms with E-state index in [1.165, 1.54) is 0 Å². The summed E-state index contributed by atoms with van der Waals surface area (Å²) in [5.41, 5.74) is 0.0366. The molecule has 1 unspecified atom stereocenters. The Morgan fingerprint density at radius 1 is 1.09 bits per heavy atom. The number of hydrogen-bond donors (Lipinski definition) is 4. The van der Waals surface area contributed by atoms with Crippen molar-refractivity contribution in [3.63, 3.8) is 0 Å². The third-order valence-electron chi connectivity index (χ3n) is 10.1. The molecular weight excluding hydrogens is 592 g/mol. The van der Waals surface area contributed by atoms with E-state index in [1.807, 2.05) is 26.0 Å². The predicted molar refractivity (Wildman–Crippen MR) is 166 cm³/mol. The number of halogens is 1. The number of fused-ring (bicyclic) bond motifs is 2. The van der Waals surface area contributed by atoms with Gasteiger partial charge in [0.2, 0.25) is 15.9 Å². The summed E-state index contributed by atoms with van der Waals surface area (Å²) in [6.45, 7) is 5.11. The fourth-order valence-electron chi connectivity index (χ4n) is 8.26. The van der Waals surface area contributed by atoms with Crippen LogP contribution in [0.1, 0.15) is 83.6 Å². The Bertz CT molecular complexity index is 1240. The Hall–Kier alpha value is -1.92. The number of nitrogens with zero attached hydrogens (tertiary/aromatic N) is 1. The first-order chi connectivity index (χ1) is 20.5. The highest BCUT2D eigenvalue weighted by Gasteiger charge is 2.50. The van der Waals surface area contributed by atoms with Gasteiger partial charge in [0.1, 0.15) is 6.04 Å². The second-order valence-electron chi connectivity index (χ2n) is 13.2. The highest BCUT2D eigenvalue weighted by atomic mass is 35.5. The largest absolute Gasteiger partial charge is 0.465 e. The van der Waals surface area contributed by atoms with Crippen LogP contribution >= 0.6 is 11.6 Å². The van der Waals surface area contributed by atoms with Gasteiger partial charge in [-0.05, 0) is 88.8 Å². The van der Waals surface area contributed by atoms with Crippen LogP contribution in [0, 0.1) is 5.92 Å². The highest BCUT2D eigenvalue weighted by molar-refractivity contribution is 7.89. The molecule has 2 bridgehead atoms. The molecule has 4 N–H and O–H groups in total. The molecule has 9 atom stereocenters. The minimum absolute atomic E-state index is 0.0857. The van der Waals surface area contributed by atoms with Gasteiger partial charge in [0.15, 0.2) is 0 Å². The molecule has 43 heavy (non-hydrogen) atoms. The molecule has 4 fully saturated rings. The van der Waals surface area contributed by atoms with Gasteiger partial charge in [-0.1, -0.05) is 36.6 Å². The Balaban J connectivity index is 1.35. The quantitative estimate of drug-likeness (QED) is 0.338. The van der Waals surface area contributed by atoms with Crippen LogP contribution in [-0.2, 0) is 25.0 Å². The van der Waals surface area contributed by atoms with Gasteiger partial charge < -0.3 is 25.8 Å². The summed E-state index contributed by atoms with van der Waals surface area (Å²) >= 11 is 6.21. The molecular formula is C31H47ClN4O6S. The molecule has 1 aromatic carbocycles. The third-order valence-corrected chi connectivity index (χ3v) is 12.4. The van der Waals surface area contributed by atoms with Crippen LogP contribution in [0.15, 0.2) is 24.3 Å². The van der Waals surface area contributed by atoms with Gasteiger partial charge in [-0.2, -0.15) is 4.31 Å². The molecule has 1 aromatic rings. The maximum atomic E-state index is 14.2. The van der Waals surface area contributed by atoms with Crippen molar-refractivity contribution >= 4 is 33.6 Å². The second-order valence-corrected chi connectivity index (χ2v) is 15.7. The van der Waals surface area contributed by atoms with Gasteiger partial charge in [0.05, 0.1) is 18.0 Å². The summed E-state index contributed by atoms with van der Waals surface area (Å²) in [5.74, 6) is 0.0711. The molecule has 0 spiro atoms. The highest BCUT2D eigenvalue weighted by Crippen LogP contribution is 2.43. The van der Waals surface area contributed by atoms with Crippen molar-refractivity contribution in [2.45, 2.75) is 120 Å². The van der Waals surface area contributed by atoms with Gasteiger partial charge in [-0.3, -0.25) is 4.79 Å². The Labute approximate surface area is 260 Å². The number of sulfonamides is 1. The number of carbonyl (C=O) groups is 2. The summed E-state index contributed by atoms with van der Waals surface area (Å²) in [5, 5.41) is 19.9. The summed E-state index contributed by atoms with van der Waals surface area (Å²) < 4.78 is 33.7. The minimum Gasteiger partial charge on any atom is -0.465 e. The van der Waals surface area contributed by atoms with Gasteiger partial charge in [0.25, 0.3) is 0 Å². The Morgan fingerprint density at radius 3 is 2.49 bits per heavy atom. The van der Waals surface area contributed by atoms with Gasteiger partial charge in [-0.25, -0.2) is 13.2 Å². The number of hydrogen-bond acceptors (Lipinski definition) is 6. The van der Waals surface area contributed by atoms with Crippen molar-refractivity contribution in [1.82, 2.24) is 20.3 Å². The van der Waals surface area contributed by atoms with Crippen molar-refractivity contribution in [2.75, 3.05) is 18.8 Å². The zero-order valence-corrected chi connectivity index (χ0v) is 26.8. The van der Waals surface area contributed by atoms with Crippen molar-refractivity contribution in [3.8, 4) is 0 Å². The van der Waals surface area contributed by atoms with Crippen LogP contribution in [0.3, 0.4) is 0 Å². The molecule has 3 saturated heterocycles. The molecule has 3 heterocycles. The normalized spacial score (nSPS) is 36.6. The van der Waals surface area contributed by atoms with E-state index in [0.717, 1.165) is 50.5 Å². The number of nitrogens with one attached hydrogen (secondary N) is 3. The minimum atomic E-state index is -3.27. The van der Waals surface area contributed by atoms with E-state index in [2.05, 4.69) is 16.0 Å². The van der Waals surface area contributed by atoms with Crippen LogP contribution in [0.5, 0.6) is 0 Å². The number of rotatable bonds is 8. The molecule has 0 aromatic heterocycles. The average Bonchev–Trinajstić information content (AvgIpc) is 3.06. The maximum Gasteiger partial charge on any atom is 0.405 e. The molecule has 5 rings (SSSR count). The number of carboxylic acid groups (broad SMARTS) is 1. The Kier molecular flexibility index (Phi) is 10.3. The summed E-state index contributed by atoms with van der Waals surface area (Å²) in [4.78, 5) is 26.4. The van der Waals surface area contributed by atoms with Crippen LogP contribution in [0.2, 0.25) is 5.02 Å². The lowest BCUT2D eigenvalue weighted by Gasteiger charge is -2.47. The zero-order chi connectivity index (χ0) is 30.8. The van der Waals surface area contributed by atoms with E-state index in [4.69, 9.17) is 16.3 Å². The molecule has 3 aliphatic heterocycles. The van der Waals surface area contributed by atoms with Crippen molar-refractivity contribution < 1.29 is 27.9 Å². The van der Waals surface area contributed by atoms with Gasteiger partial charge >= 0.3 is 6.09 Å². The number of ether oxygens (including phenoxy) is 1. The van der Waals surface area contributed by atoms with Crippen molar-refractivity contribution in [3.05, 3.63) is 34.9 Å². The fourth-order valence-corrected chi connectivity index (χ4v) is 10.2. The van der Waals surface area contributed by atoms with E-state index < -0.39 is 27.6 Å². The number of amides is 2. The third kappa shape index (κ3) is 7.49. The number of benzene rings is 1. The lowest BCUT2D eigenvalue weighted by atomic mass is 9.65. The van der Waals surface area contributed by atoms with Crippen molar-refractivity contribution in [1.29, 1.82) is 0 Å². The van der Waals surface area contributed by atoms with Gasteiger partial charge in [0, 0.05) is 41.7 Å². The maximum absolute atomic E-state index is 14.2. The SMILES string of the molecule is C[C@@H]1C[C@](c2ccc(Cl)cc2)([C@H](NC(=O)O)C(=O)N[C@H]2CCCC[C@@H]2CC[C@H]2CN[C@@H]3CCCS(=O)(=O)N2C3)C[C@H](C)O1.